The van der Waals surface area contributed by atoms with Crippen molar-refractivity contribution in [2.75, 3.05) is 14.1 Å². The van der Waals surface area contributed by atoms with Gasteiger partial charge in [0.15, 0.2) is 0 Å². The molecule has 0 aliphatic carbocycles. The lowest BCUT2D eigenvalue weighted by molar-refractivity contribution is 0.439. The normalized spacial score (nSPS) is 13.7. The van der Waals surface area contributed by atoms with E-state index < -0.39 is 10.0 Å². The van der Waals surface area contributed by atoms with Gasteiger partial charge in [0.25, 0.3) is 0 Å². The molecule has 0 aliphatic heterocycles. The fourth-order valence-corrected chi connectivity index (χ4v) is 3.16. The smallest absolute Gasteiger partial charge is 0.240 e. The topological polar surface area (TPSA) is 58.2 Å². The zero-order chi connectivity index (χ0) is 14.5. The van der Waals surface area contributed by atoms with Crippen molar-refractivity contribution in [2.45, 2.75) is 37.6 Å². The summed E-state index contributed by atoms with van der Waals surface area (Å²) in [6.07, 6.45) is 1.73. The largest absolute Gasteiger partial charge is 0.317 e. The highest BCUT2D eigenvalue weighted by atomic mass is 32.2. The number of likely N-dealkylation sites (N-methyl/N-ethyl adjacent to an activating group) is 1. The predicted molar refractivity (Wildman–Crippen MR) is 78.7 cm³/mol. The summed E-state index contributed by atoms with van der Waals surface area (Å²) in [6.45, 7) is 4.33. The Morgan fingerprint density at radius 2 is 1.79 bits per heavy atom. The second kappa shape index (κ2) is 7.03. The number of hydrogen-bond donors (Lipinski definition) is 2. The zero-order valence-corrected chi connectivity index (χ0v) is 12.9. The first-order valence-electron chi connectivity index (χ1n) is 6.59. The number of rotatable bonds is 7. The minimum Gasteiger partial charge on any atom is -0.317 e. The van der Waals surface area contributed by atoms with Crippen molar-refractivity contribution in [2.24, 2.45) is 5.92 Å². The number of nitrogens with one attached hydrogen (secondary N) is 2. The molecule has 0 bridgehead atoms. The molecular formula is C14H24N2O2S. The first-order valence-corrected chi connectivity index (χ1v) is 8.07. The molecule has 4 nitrogen and oxygen atoms in total. The summed E-state index contributed by atoms with van der Waals surface area (Å²) in [5.41, 5.74) is 0.858. The standard InChI is InChI=1S/C14H24N2O2S/c1-11(2)9-13(15-3)10-12-7-5-6-8-14(12)19(17,18)16-4/h5-8,11,13,15-16H,9-10H2,1-4H3. The van der Waals surface area contributed by atoms with Crippen molar-refractivity contribution < 1.29 is 8.42 Å². The van der Waals surface area contributed by atoms with E-state index in [9.17, 15) is 8.42 Å². The molecule has 2 N–H and O–H groups in total. The van der Waals surface area contributed by atoms with E-state index in [4.69, 9.17) is 0 Å². The van der Waals surface area contributed by atoms with Crippen molar-refractivity contribution in [1.29, 1.82) is 0 Å². The van der Waals surface area contributed by atoms with Gasteiger partial charge >= 0.3 is 0 Å². The van der Waals surface area contributed by atoms with Crippen LogP contribution in [0.4, 0.5) is 0 Å². The highest BCUT2D eigenvalue weighted by molar-refractivity contribution is 7.89. The molecule has 0 amide bonds. The average molecular weight is 284 g/mol. The van der Waals surface area contributed by atoms with Gasteiger partial charge in [-0.25, -0.2) is 13.1 Å². The van der Waals surface area contributed by atoms with Crippen LogP contribution in [0.1, 0.15) is 25.8 Å². The SMILES string of the molecule is CNC(Cc1ccccc1S(=O)(=O)NC)CC(C)C. The van der Waals surface area contributed by atoms with Gasteiger partial charge in [0.05, 0.1) is 4.90 Å². The average Bonchev–Trinajstić information content (AvgIpc) is 2.38. The second-order valence-electron chi connectivity index (χ2n) is 5.13. The van der Waals surface area contributed by atoms with Crippen LogP contribution >= 0.6 is 0 Å². The van der Waals surface area contributed by atoms with Crippen LogP contribution in [0.5, 0.6) is 0 Å². The molecule has 0 aliphatic rings. The minimum atomic E-state index is -3.39. The summed E-state index contributed by atoms with van der Waals surface area (Å²) in [5, 5.41) is 3.26. The molecule has 0 heterocycles. The van der Waals surface area contributed by atoms with Gasteiger partial charge in [0.1, 0.15) is 0 Å². The van der Waals surface area contributed by atoms with Crippen LogP contribution in [-0.4, -0.2) is 28.6 Å². The van der Waals surface area contributed by atoms with Gasteiger partial charge in [0, 0.05) is 6.04 Å². The summed E-state index contributed by atoms with van der Waals surface area (Å²) < 4.78 is 26.3. The third kappa shape index (κ3) is 4.60. The van der Waals surface area contributed by atoms with E-state index in [1.807, 2.05) is 19.2 Å². The molecule has 1 aromatic carbocycles. The number of benzene rings is 1. The van der Waals surface area contributed by atoms with Gasteiger partial charge < -0.3 is 5.32 Å². The Bertz CT molecular complexity index is 498. The Labute approximate surface area is 116 Å². The van der Waals surface area contributed by atoms with E-state index in [-0.39, 0.29) is 6.04 Å². The van der Waals surface area contributed by atoms with Gasteiger partial charge in [-0.05, 0) is 44.5 Å². The molecule has 0 aromatic heterocycles. The highest BCUT2D eigenvalue weighted by Gasteiger charge is 2.18. The maximum Gasteiger partial charge on any atom is 0.240 e. The monoisotopic (exact) mass is 284 g/mol. The lowest BCUT2D eigenvalue weighted by Crippen LogP contribution is -2.30. The van der Waals surface area contributed by atoms with Crippen molar-refractivity contribution in [3.63, 3.8) is 0 Å². The summed E-state index contributed by atoms with van der Waals surface area (Å²) in [5.74, 6) is 0.575. The van der Waals surface area contributed by atoms with Crippen molar-refractivity contribution in [3.05, 3.63) is 29.8 Å². The maximum atomic E-state index is 12.0. The molecule has 1 unspecified atom stereocenters. The predicted octanol–water partition coefficient (Wildman–Crippen LogP) is 1.77. The van der Waals surface area contributed by atoms with E-state index in [2.05, 4.69) is 23.9 Å². The molecule has 0 radical (unpaired) electrons. The number of hydrogen-bond acceptors (Lipinski definition) is 3. The Balaban J connectivity index is 3.01. The molecule has 5 heteroatoms. The third-order valence-corrected chi connectivity index (χ3v) is 4.68. The molecular weight excluding hydrogens is 260 g/mol. The van der Waals surface area contributed by atoms with Crippen LogP contribution in [0.2, 0.25) is 0 Å². The number of sulfonamides is 1. The fraction of sp³-hybridized carbons (Fsp3) is 0.571. The summed E-state index contributed by atoms with van der Waals surface area (Å²) in [7, 11) is -0.0298. The van der Waals surface area contributed by atoms with E-state index in [1.54, 1.807) is 12.1 Å². The van der Waals surface area contributed by atoms with E-state index in [1.165, 1.54) is 7.05 Å². The Morgan fingerprint density at radius 1 is 1.16 bits per heavy atom. The van der Waals surface area contributed by atoms with Gasteiger partial charge in [-0.3, -0.25) is 0 Å². The maximum absolute atomic E-state index is 12.0. The summed E-state index contributed by atoms with van der Waals surface area (Å²) >= 11 is 0. The Kier molecular flexibility index (Phi) is 5.97. The van der Waals surface area contributed by atoms with Crippen LogP contribution in [-0.2, 0) is 16.4 Å². The molecule has 19 heavy (non-hydrogen) atoms. The molecule has 108 valence electrons. The molecule has 0 spiro atoms. The van der Waals surface area contributed by atoms with Crippen LogP contribution in [0.3, 0.4) is 0 Å². The summed E-state index contributed by atoms with van der Waals surface area (Å²) in [6, 6.07) is 7.46. The van der Waals surface area contributed by atoms with E-state index in [0.29, 0.717) is 17.2 Å². The second-order valence-corrected chi connectivity index (χ2v) is 6.99. The quantitative estimate of drug-likeness (QED) is 0.802. The van der Waals surface area contributed by atoms with Crippen molar-refractivity contribution in [3.8, 4) is 0 Å². The Morgan fingerprint density at radius 3 is 2.32 bits per heavy atom. The summed E-state index contributed by atoms with van der Waals surface area (Å²) in [4.78, 5) is 0.376. The lowest BCUT2D eigenvalue weighted by Gasteiger charge is -2.20. The lowest BCUT2D eigenvalue weighted by atomic mass is 9.97. The van der Waals surface area contributed by atoms with Gasteiger partial charge in [-0.2, -0.15) is 0 Å². The van der Waals surface area contributed by atoms with Crippen LogP contribution < -0.4 is 10.0 Å². The molecule has 1 rings (SSSR count). The minimum absolute atomic E-state index is 0.285. The van der Waals surface area contributed by atoms with Crippen LogP contribution in [0.15, 0.2) is 29.2 Å². The molecule has 1 atom stereocenters. The van der Waals surface area contributed by atoms with Gasteiger partial charge in [-0.15, -0.1) is 0 Å². The van der Waals surface area contributed by atoms with Crippen LogP contribution in [0, 0.1) is 5.92 Å². The van der Waals surface area contributed by atoms with Gasteiger partial charge in [-0.1, -0.05) is 32.0 Å². The molecule has 0 saturated carbocycles. The zero-order valence-electron chi connectivity index (χ0n) is 12.1. The molecule has 0 fully saturated rings. The van der Waals surface area contributed by atoms with Gasteiger partial charge in [0.2, 0.25) is 10.0 Å². The van der Waals surface area contributed by atoms with Crippen molar-refractivity contribution in [1.82, 2.24) is 10.0 Å². The fourth-order valence-electron chi connectivity index (χ4n) is 2.18. The highest BCUT2D eigenvalue weighted by Crippen LogP contribution is 2.18. The van der Waals surface area contributed by atoms with Crippen LogP contribution in [0.25, 0.3) is 0 Å². The molecule has 0 saturated heterocycles. The van der Waals surface area contributed by atoms with Crippen molar-refractivity contribution >= 4 is 10.0 Å². The third-order valence-electron chi connectivity index (χ3n) is 3.16. The van der Waals surface area contributed by atoms with E-state index in [0.717, 1.165) is 12.0 Å². The van der Waals surface area contributed by atoms with E-state index >= 15 is 0 Å². The Hall–Kier alpha value is -0.910. The molecule has 1 aromatic rings. The first kappa shape index (κ1) is 16.1. The first-order chi connectivity index (χ1) is 8.90.